The van der Waals surface area contributed by atoms with Crippen molar-refractivity contribution in [2.45, 2.75) is 32.1 Å². The molecule has 0 radical (unpaired) electrons. The first-order chi connectivity index (χ1) is 7.79. The van der Waals surface area contributed by atoms with Gasteiger partial charge in [-0.3, -0.25) is 10.2 Å². The van der Waals surface area contributed by atoms with Crippen molar-refractivity contribution in [1.82, 2.24) is 10.9 Å². The van der Waals surface area contributed by atoms with Crippen LogP contribution >= 0.6 is 0 Å². The van der Waals surface area contributed by atoms with Crippen LogP contribution in [0.3, 0.4) is 0 Å². The minimum absolute atomic E-state index is 0.0123. The molecule has 0 spiro atoms. The highest BCUT2D eigenvalue weighted by atomic mass is 16.2. The minimum atomic E-state index is 0.0123. The molecular weight excluding hydrogens is 200 g/mol. The summed E-state index contributed by atoms with van der Waals surface area (Å²) >= 11 is 0. The number of nitrogens with one attached hydrogen (secondary N) is 2. The van der Waals surface area contributed by atoms with Gasteiger partial charge in [0.1, 0.15) is 0 Å². The highest BCUT2D eigenvalue weighted by Crippen LogP contribution is 2.22. The van der Waals surface area contributed by atoms with Crippen molar-refractivity contribution in [3.05, 3.63) is 34.9 Å². The number of hydrogen-bond donors (Lipinski definition) is 2. The number of rotatable bonds is 3. The average molecular weight is 218 g/mol. The monoisotopic (exact) mass is 218 g/mol. The Hall–Kier alpha value is -1.35. The molecule has 0 heterocycles. The van der Waals surface area contributed by atoms with Gasteiger partial charge in [0.2, 0.25) is 5.91 Å². The Balaban J connectivity index is 2.08. The molecule has 1 aliphatic carbocycles. The number of carbonyl (C=O) groups is 1. The summed E-state index contributed by atoms with van der Waals surface area (Å²) in [7, 11) is 1.70. The Kier molecular flexibility index (Phi) is 3.57. The topological polar surface area (TPSA) is 41.1 Å². The smallest absolute Gasteiger partial charge is 0.238 e. The van der Waals surface area contributed by atoms with Crippen molar-refractivity contribution < 1.29 is 4.79 Å². The molecule has 0 bridgehead atoms. The van der Waals surface area contributed by atoms with Crippen LogP contribution in [-0.4, -0.2) is 13.0 Å². The van der Waals surface area contributed by atoms with Gasteiger partial charge in [-0.15, -0.1) is 0 Å². The van der Waals surface area contributed by atoms with Gasteiger partial charge in [0.05, 0.1) is 6.42 Å². The molecule has 0 fully saturated rings. The highest BCUT2D eigenvalue weighted by molar-refractivity contribution is 5.78. The maximum Gasteiger partial charge on any atom is 0.238 e. The van der Waals surface area contributed by atoms with E-state index in [1.807, 2.05) is 0 Å². The summed E-state index contributed by atoms with van der Waals surface area (Å²) in [5.41, 5.74) is 9.23. The molecule has 3 nitrogen and oxygen atoms in total. The molecule has 3 heteroatoms. The van der Waals surface area contributed by atoms with E-state index in [4.69, 9.17) is 0 Å². The fraction of sp³-hybridized carbons (Fsp3) is 0.462. The lowest BCUT2D eigenvalue weighted by atomic mass is 9.90. The molecule has 1 aromatic carbocycles. The summed E-state index contributed by atoms with van der Waals surface area (Å²) in [6, 6.07) is 6.43. The standard InChI is InChI=1S/C13H18N2O/c1-14-15-13(16)9-10-6-7-11-4-2-3-5-12(11)8-10/h6-8,14H,2-5,9H2,1H3,(H,15,16). The Morgan fingerprint density at radius 2 is 2.00 bits per heavy atom. The first-order valence-electron chi connectivity index (χ1n) is 5.86. The lowest BCUT2D eigenvalue weighted by Gasteiger charge is -2.16. The molecule has 0 saturated carbocycles. The molecule has 1 aliphatic rings. The Morgan fingerprint density at radius 3 is 2.75 bits per heavy atom. The van der Waals surface area contributed by atoms with E-state index in [2.05, 4.69) is 29.1 Å². The van der Waals surface area contributed by atoms with E-state index in [0.717, 1.165) is 12.0 Å². The lowest BCUT2D eigenvalue weighted by Crippen LogP contribution is -2.35. The molecule has 2 N–H and O–H groups in total. The first-order valence-corrected chi connectivity index (χ1v) is 5.86. The Morgan fingerprint density at radius 1 is 1.25 bits per heavy atom. The van der Waals surface area contributed by atoms with Crippen LogP contribution in [0, 0.1) is 0 Å². The zero-order valence-corrected chi connectivity index (χ0v) is 9.68. The van der Waals surface area contributed by atoms with E-state index in [9.17, 15) is 4.79 Å². The molecule has 1 aromatic rings. The molecule has 0 unspecified atom stereocenters. The van der Waals surface area contributed by atoms with Crippen LogP contribution in [0.15, 0.2) is 18.2 Å². The molecule has 0 aromatic heterocycles. The van der Waals surface area contributed by atoms with Gasteiger partial charge in [-0.2, -0.15) is 0 Å². The van der Waals surface area contributed by atoms with E-state index in [0.29, 0.717) is 6.42 Å². The van der Waals surface area contributed by atoms with Gasteiger partial charge in [-0.25, -0.2) is 5.43 Å². The fourth-order valence-corrected chi connectivity index (χ4v) is 2.27. The van der Waals surface area contributed by atoms with Gasteiger partial charge >= 0.3 is 0 Å². The summed E-state index contributed by atoms with van der Waals surface area (Å²) in [5.74, 6) is 0.0123. The maximum absolute atomic E-state index is 11.4. The molecule has 0 atom stereocenters. The summed E-state index contributed by atoms with van der Waals surface area (Å²) < 4.78 is 0. The van der Waals surface area contributed by atoms with E-state index >= 15 is 0 Å². The van der Waals surface area contributed by atoms with Crippen molar-refractivity contribution in [2.75, 3.05) is 7.05 Å². The molecule has 2 rings (SSSR count). The number of amides is 1. The van der Waals surface area contributed by atoms with E-state index in [1.165, 1.54) is 30.4 Å². The van der Waals surface area contributed by atoms with E-state index in [1.54, 1.807) is 7.05 Å². The summed E-state index contributed by atoms with van der Waals surface area (Å²) in [4.78, 5) is 11.4. The normalized spacial score (nSPS) is 14.3. The van der Waals surface area contributed by atoms with Crippen molar-refractivity contribution in [3.8, 4) is 0 Å². The van der Waals surface area contributed by atoms with Gasteiger partial charge < -0.3 is 0 Å². The molecule has 16 heavy (non-hydrogen) atoms. The third-order valence-electron chi connectivity index (χ3n) is 3.04. The van der Waals surface area contributed by atoms with Gasteiger partial charge in [0.15, 0.2) is 0 Å². The van der Waals surface area contributed by atoms with Crippen molar-refractivity contribution >= 4 is 5.91 Å². The van der Waals surface area contributed by atoms with Crippen LogP contribution in [0.25, 0.3) is 0 Å². The quantitative estimate of drug-likeness (QED) is 0.752. The van der Waals surface area contributed by atoms with Crippen LogP contribution in [0.4, 0.5) is 0 Å². The largest absolute Gasteiger partial charge is 0.292 e. The minimum Gasteiger partial charge on any atom is -0.292 e. The third kappa shape index (κ3) is 2.61. The van der Waals surface area contributed by atoms with Crippen LogP contribution < -0.4 is 10.9 Å². The zero-order chi connectivity index (χ0) is 11.4. The molecule has 1 amide bonds. The predicted molar refractivity (Wildman–Crippen MR) is 64.0 cm³/mol. The van der Waals surface area contributed by atoms with Gasteiger partial charge in [-0.05, 0) is 42.4 Å². The molecule has 0 aliphatic heterocycles. The van der Waals surface area contributed by atoms with Crippen molar-refractivity contribution in [1.29, 1.82) is 0 Å². The first kappa shape index (κ1) is 11.1. The van der Waals surface area contributed by atoms with Crippen LogP contribution in [0.1, 0.15) is 29.5 Å². The average Bonchev–Trinajstić information content (AvgIpc) is 2.29. The second-order valence-electron chi connectivity index (χ2n) is 4.29. The maximum atomic E-state index is 11.4. The number of hydrogen-bond acceptors (Lipinski definition) is 2. The number of fused-ring (bicyclic) bond motifs is 1. The predicted octanol–water partition coefficient (Wildman–Crippen LogP) is 1.36. The number of aryl methyl sites for hydroxylation is 2. The Bertz CT molecular complexity index is 388. The zero-order valence-electron chi connectivity index (χ0n) is 9.68. The second-order valence-corrected chi connectivity index (χ2v) is 4.29. The van der Waals surface area contributed by atoms with Crippen molar-refractivity contribution in [2.24, 2.45) is 0 Å². The summed E-state index contributed by atoms with van der Waals surface area (Å²) in [6.07, 6.45) is 5.38. The number of carbonyl (C=O) groups excluding carboxylic acids is 1. The summed E-state index contributed by atoms with van der Waals surface area (Å²) in [5, 5.41) is 0. The summed E-state index contributed by atoms with van der Waals surface area (Å²) in [6.45, 7) is 0. The van der Waals surface area contributed by atoms with Crippen LogP contribution in [0.5, 0.6) is 0 Å². The Labute approximate surface area is 96.2 Å². The van der Waals surface area contributed by atoms with Gasteiger partial charge in [0.25, 0.3) is 0 Å². The molecule has 0 saturated heterocycles. The van der Waals surface area contributed by atoms with Gasteiger partial charge in [-0.1, -0.05) is 18.2 Å². The second kappa shape index (κ2) is 5.12. The number of benzene rings is 1. The lowest BCUT2D eigenvalue weighted by molar-refractivity contribution is -0.121. The number of hydrazine groups is 1. The molecule has 86 valence electrons. The van der Waals surface area contributed by atoms with Gasteiger partial charge in [0, 0.05) is 7.05 Å². The van der Waals surface area contributed by atoms with Crippen LogP contribution in [0.2, 0.25) is 0 Å². The third-order valence-corrected chi connectivity index (χ3v) is 3.04. The fourth-order valence-electron chi connectivity index (χ4n) is 2.27. The highest BCUT2D eigenvalue weighted by Gasteiger charge is 2.10. The SMILES string of the molecule is CNNC(=O)Cc1ccc2c(c1)CCCC2. The van der Waals surface area contributed by atoms with E-state index < -0.39 is 0 Å². The molecular formula is C13H18N2O. The van der Waals surface area contributed by atoms with Crippen molar-refractivity contribution in [3.63, 3.8) is 0 Å². The van der Waals surface area contributed by atoms with E-state index in [-0.39, 0.29) is 5.91 Å². The van der Waals surface area contributed by atoms with Crippen LogP contribution in [-0.2, 0) is 24.1 Å².